The van der Waals surface area contributed by atoms with E-state index in [1.807, 2.05) is 18.2 Å². The van der Waals surface area contributed by atoms with Gasteiger partial charge in [-0.15, -0.1) is 0 Å². The molecule has 0 saturated carbocycles. The molecule has 1 rings (SSSR count). The van der Waals surface area contributed by atoms with Gasteiger partial charge in [-0.25, -0.2) is 0 Å². The van der Waals surface area contributed by atoms with Crippen LogP contribution in [0.4, 0.5) is 0 Å². The minimum atomic E-state index is 1.01. The van der Waals surface area contributed by atoms with Crippen molar-refractivity contribution in [3.05, 3.63) is 60.8 Å². The van der Waals surface area contributed by atoms with Crippen LogP contribution in [0.1, 0.15) is 19.3 Å². The van der Waals surface area contributed by atoms with E-state index in [0.717, 1.165) is 6.42 Å². The number of rotatable bonds is 4. The van der Waals surface area contributed by atoms with E-state index in [9.17, 15) is 0 Å². The van der Waals surface area contributed by atoms with Crippen molar-refractivity contribution in [1.29, 1.82) is 0 Å². The zero-order valence-corrected chi connectivity index (χ0v) is 10.3. The van der Waals surface area contributed by atoms with Crippen molar-refractivity contribution in [2.75, 3.05) is 6.26 Å². The average Bonchev–Trinajstić information content (AvgIpc) is 2.32. The van der Waals surface area contributed by atoms with Crippen LogP contribution in [0.5, 0.6) is 0 Å². The Labute approximate surface area is 99.2 Å². The van der Waals surface area contributed by atoms with Crippen molar-refractivity contribution in [3.8, 4) is 0 Å². The first-order valence-electron chi connectivity index (χ1n) is 5.10. The molecule has 0 saturated heterocycles. The minimum absolute atomic E-state index is 1.01. The Balaban J connectivity index is 0.000000921. The van der Waals surface area contributed by atoms with Crippen LogP contribution >= 0.6 is 12.6 Å². The Morgan fingerprint density at radius 2 is 2.20 bits per heavy atom. The summed E-state index contributed by atoms with van der Waals surface area (Å²) >= 11 is 3.53. The van der Waals surface area contributed by atoms with Gasteiger partial charge in [-0.05, 0) is 31.1 Å². The summed E-state index contributed by atoms with van der Waals surface area (Å²) in [5.41, 5.74) is 2.73. The number of allylic oxidation sites excluding steroid dienone is 8. The zero-order chi connectivity index (χ0) is 11.5. The SMILES string of the molecule is C=C/C=C(\C=C)CC1=CC=CCC1.CS. The maximum Gasteiger partial charge on any atom is -0.00641 e. The molecule has 0 spiro atoms. The van der Waals surface area contributed by atoms with Gasteiger partial charge in [0.25, 0.3) is 0 Å². The largest absolute Gasteiger partial charge is 0.183 e. The second-order valence-electron chi connectivity index (χ2n) is 3.15. The molecule has 0 aromatic carbocycles. The Kier molecular flexibility index (Phi) is 8.99. The van der Waals surface area contributed by atoms with Crippen LogP contribution in [0.25, 0.3) is 0 Å². The van der Waals surface area contributed by atoms with Gasteiger partial charge in [0.15, 0.2) is 0 Å². The predicted octanol–water partition coefficient (Wildman–Crippen LogP) is 4.50. The molecule has 0 amide bonds. The summed E-state index contributed by atoms with van der Waals surface area (Å²) < 4.78 is 0. The molecule has 0 aromatic heterocycles. The molecular weight excluding hydrogens is 200 g/mol. The lowest BCUT2D eigenvalue weighted by molar-refractivity contribution is 0.913. The topological polar surface area (TPSA) is 0 Å². The molecule has 0 N–H and O–H groups in total. The fraction of sp³-hybridized carbons (Fsp3) is 0.286. The highest BCUT2D eigenvalue weighted by Gasteiger charge is 2.00. The smallest absolute Gasteiger partial charge is 0.00641 e. The summed E-state index contributed by atoms with van der Waals surface area (Å²) in [6.45, 7) is 7.47. The Morgan fingerprint density at radius 1 is 1.47 bits per heavy atom. The highest BCUT2D eigenvalue weighted by Crippen LogP contribution is 2.20. The minimum Gasteiger partial charge on any atom is -0.183 e. The van der Waals surface area contributed by atoms with Crippen molar-refractivity contribution in [2.24, 2.45) is 0 Å². The molecule has 1 aliphatic carbocycles. The first-order valence-corrected chi connectivity index (χ1v) is 5.99. The standard InChI is InChI=1S/C13H16.CH4S/c1-3-8-12(4-2)11-13-9-6-5-7-10-13;1-2/h3-6,8-9H,1-2,7,10-11H2;2H,1H3/b12-8+;. The first-order chi connectivity index (χ1) is 7.36. The summed E-state index contributed by atoms with van der Waals surface area (Å²) in [6.07, 6.45) is 17.3. The van der Waals surface area contributed by atoms with E-state index in [2.05, 4.69) is 44.0 Å². The molecule has 0 fully saturated rings. The van der Waals surface area contributed by atoms with Crippen LogP contribution in [0.15, 0.2) is 60.8 Å². The molecule has 1 aliphatic rings. The lowest BCUT2D eigenvalue weighted by atomic mass is 9.97. The Hall–Kier alpha value is -0.950. The van der Waals surface area contributed by atoms with Crippen molar-refractivity contribution < 1.29 is 0 Å². The predicted molar refractivity (Wildman–Crippen MR) is 74.5 cm³/mol. The molecule has 0 aromatic rings. The van der Waals surface area contributed by atoms with Gasteiger partial charge in [0.05, 0.1) is 0 Å². The zero-order valence-electron chi connectivity index (χ0n) is 9.45. The molecule has 0 unspecified atom stereocenters. The highest BCUT2D eigenvalue weighted by atomic mass is 32.1. The fourth-order valence-electron chi connectivity index (χ4n) is 1.41. The van der Waals surface area contributed by atoms with Crippen molar-refractivity contribution in [2.45, 2.75) is 19.3 Å². The van der Waals surface area contributed by atoms with Crippen LogP contribution in [0, 0.1) is 0 Å². The average molecular weight is 220 g/mol. The third kappa shape index (κ3) is 6.19. The Bertz CT molecular complexity index is 280. The van der Waals surface area contributed by atoms with Gasteiger partial charge in [0.1, 0.15) is 0 Å². The fourth-order valence-corrected chi connectivity index (χ4v) is 1.41. The quantitative estimate of drug-likeness (QED) is 0.523. The molecule has 0 atom stereocenters. The van der Waals surface area contributed by atoms with E-state index in [-0.39, 0.29) is 0 Å². The van der Waals surface area contributed by atoms with E-state index in [1.54, 1.807) is 6.26 Å². The maximum atomic E-state index is 3.78. The van der Waals surface area contributed by atoms with E-state index in [4.69, 9.17) is 0 Å². The normalized spacial score (nSPS) is 14.8. The number of hydrogen-bond donors (Lipinski definition) is 1. The van der Waals surface area contributed by atoms with Gasteiger partial charge in [0, 0.05) is 0 Å². The van der Waals surface area contributed by atoms with Crippen molar-refractivity contribution >= 4 is 12.6 Å². The van der Waals surface area contributed by atoms with Crippen molar-refractivity contribution in [3.63, 3.8) is 0 Å². The molecule has 0 radical (unpaired) electrons. The van der Waals surface area contributed by atoms with E-state index >= 15 is 0 Å². The summed E-state index contributed by atoms with van der Waals surface area (Å²) in [4.78, 5) is 0. The van der Waals surface area contributed by atoms with Crippen LogP contribution in [-0.4, -0.2) is 6.26 Å². The van der Waals surface area contributed by atoms with Gasteiger partial charge in [-0.3, -0.25) is 0 Å². The Morgan fingerprint density at radius 3 is 2.67 bits per heavy atom. The molecule has 1 heteroatoms. The maximum absolute atomic E-state index is 3.78. The molecule has 0 nitrogen and oxygen atoms in total. The van der Waals surface area contributed by atoms with E-state index in [0.29, 0.717) is 0 Å². The van der Waals surface area contributed by atoms with Crippen LogP contribution in [-0.2, 0) is 0 Å². The highest BCUT2D eigenvalue weighted by molar-refractivity contribution is 7.79. The van der Waals surface area contributed by atoms with Gasteiger partial charge >= 0.3 is 0 Å². The monoisotopic (exact) mass is 220 g/mol. The van der Waals surface area contributed by atoms with Crippen LogP contribution in [0.3, 0.4) is 0 Å². The second-order valence-corrected chi connectivity index (χ2v) is 3.15. The van der Waals surface area contributed by atoms with Crippen molar-refractivity contribution in [1.82, 2.24) is 0 Å². The van der Waals surface area contributed by atoms with Crippen LogP contribution < -0.4 is 0 Å². The second kappa shape index (κ2) is 9.60. The summed E-state index contributed by atoms with van der Waals surface area (Å²) in [5, 5.41) is 0. The van der Waals surface area contributed by atoms with Crippen LogP contribution in [0.2, 0.25) is 0 Å². The molecule has 15 heavy (non-hydrogen) atoms. The molecule has 82 valence electrons. The third-order valence-corrected chi connectivity index (χ3v) is 2.13. The van der Waals surface area contributed by atoms with Gasteiger partial charge in [-0.1, -0.05) is 55.2 Å². The van der Waals surface area contributed by atoms with Gasteiger partial charge in [0.2, 0.25) is 0 Å². The molecule has 0 aliphatic heterocycles. The molecule has 0 heterocycles. The van der Waals surface area contributed by atoms with E-state index in [1.165, 1.54) is 24.0 Å². The first kappa shape index (κ1) is 14.1. The molecule has 0 bridgehead atoms. The summed E-state index contributed by atoms with van der Waals surface area (Å²) in [6, 6.07) is 0. The lowest BCUT2D eigenvalue weighted by Crippen LogP contribution is -1.89. The lowest BCUT2D eigenvalue weighted by Gasteiger charge is -2.08. The van der Waals surface area contributed by atoms with E-state index < -0.39 is 0 Å². The van der Waals surface area contributed by atoms with Gasteiger partial charge in [-0.2, -0.15) is 12.6 Å². The number of hydrogen-bond acceptors (Lipinski definition) is 1. The summed E-state index contributed by atoms with van der Waals surface area (Å²) in [7, 11) is 0. The number of thiol groups is 1. The molecular formula is C14H20S. The van der Waals surface area contributed by atoms with Gasteiger partial charge < -0.3 is 0 Å². The summed E-state index contributed by atoms with van der Waals surface area (Å²) in [5.74, 6) is 0. The third-order valence-electron chi connectivity index (χ3n) is 2.13.